The van der Waals surface area contributed by atoms with Crippen molar-refractivity contribution in [2.24, 2.45) is 0 Å². The molecular formula is C18H21ClO6. The predicted octanol–water partition coefficient (Wildman–Crippen LogP) is 2.71. The number of phenols is 2. The van der Waals surface area contributed by atoms with E-state index in [0.717, 1.165) is 12.5 Å². The van der Waals surface area contributed by atoms with Crippen LogP contribution in [0.15, 0.2) is 18.2 Å². The predicted molar refractivity (Wildman–Crippen MR) is 91.0 cm³/mol. The Kier molecular flexibility index (Phi) is 5.22. The van der Waals surface area contributed by atoms with E-state index in [4.69, 9.17) is 21.1 Å². The maximum atomic E-state index is 12.5. The number of ether oxygens (including phenoxy) is 2. The molecule has 0 unspecified atom stereocenters. The number of cyclic esters (lactones) is 1. The van der Waals surface area contributed by atoms with Crippen LogP contribution in [0.1, 0.15) is 42.1 Å². The highest BCUT2D eigenvalue weighted by Crippen LogP contribution is 2.38. The Morgan fingerprint density at radius 3 is 2.64 bits per heavy atom. The summed E-state index contributed by atoms with van der Waals surface area (Å²) in [5.74, 6) is -1.51. The van der Waals surface area contributed by atoms with E-state index in [-0.39, 0.29) is 40.5 Å². The molecule has 136 valence electrons. The standard InChI is InChI=1S/C18H21ClO6/c1-9-6-15-14(25-15)5-3-2-4-10(20)7-11-16(18(23)24-9)12(21)8-13(22)17(11)19/h2-3,8-10,14-15,20-22H,4-7H2,1H3/b3-2+/t9-,10+,14+,15+/m1/s1. The van der Waals surface area contributed by atoms with E-state index >= 15 is 0 Å². The van der Waals surface area contributed by atoms with E-state index in [9.17, 15) is 20.1 Å². The number of fused-ring (bicyclic) bond motifs is 2. The molecule has 1 aromatic carbocycles. The number of benzene rings is 1. The number of carbonyl (C=O) groups is 1. The van der Waals surface area contributed by atoms with E-state index < -0.39 is 23.9 Å². The summed E-state index contributed by atoms with van der Waals surface area (Å²) in [6.45, 7) is 1.76. The fourth-order valence-corrected chi connectivity index (χ4v) is 3.34. The number of hydrogen-bond donors (Lipinski definition) is 3. The Morgan fingerprint density at radius 1 is 1.16 bits per heavy atom. The van der Waals surface area contributed by atoms with Crippen molar-refractivity contribution in [3.63, 3.8) is 0 Å². The third-order valence-electron chi connectivity index (χ3n) is 4.47. The first-order valence-corrected chi connectivity index (χ1v) is 8.67. The van der Waals surface area contributed by atoms with Crippen LogP contribution in [-0.4, -0.2) is 45.7 Å². The monoisotopic (exact) mass is 368 g/mol. The van der Waals surface area contributed by atoms with Crippen LogP contribution >= 0.6 is 11.6 Å². The minimum atomic E-state index is -0.821. The Balaban J connectivity index is 1.95. The Labute approximate surface area is 150 Å². The number of esters is 1. The molecule has 2 aliphatic heterocycles. The van der Waals surface area contributed by atoms with Gasteiger partial charge in [0.25, 0.3) is 0 Å². The van der Waals surface area contributed by atoms with Crippen molar-refractivity contribution in [1.82, 2.24) is 0 Å². The van der Waals surface area contributed by atoms with Gasteiger partial charge in [-0.3, -0.25) is 0 Å². The highest BCUT2D eigenvalue weighted by atomic mass is 35.5. The molecule has 2 aliphatic rings. The Morgan fingerprint density at radius 2 is 1.88 bits per heavy atom. The highest BCUT2D eigenvalue weighted by molar-refractivity contribution is 6.33. The van der Waals surface area contributed by atoms with Crippen molar-refractivity contribution in [2.45, 2.75) is 57.0 Å². The molecule has 1 fully saturated rings. The number of aliphatic hydroxyl groups is 1. The van der Waals surface area contributed by atoms with Gasteiger partial charge in [0.05, 0.1) is 23.3 Å². The van der Waals surface area contributed by atoms with Gasteiger partial charge < -0.3 is 24.8 Å². The number of aliphatic hydroxyl groups excluding tert-OH is 1. The smallest absolute Gasteiger partial charge is 0.342 e. The molecule has 2 heterocycles. The lowest BCUT2D eigenvalue weighted by Crippen LogP contribution is -2.20. The van der Waals surface area contributed by atoms with Crippen LogP contribution in [0, 0.1) is 0 Å². The average Bonchev–Trinajstić information content (AvgIpc) is 3.25. The minimum absolute atomic E-state index is 0.00645. The summed E-state index contributed by atoms with van der Waals surface area (Å²) in [6, 6.07) is 1.00. The Hall–Kier alpha value is -1.76. The maximum Gasteiger partial charge on any atom is 0.342 e. The molecule has 0 aliphatic carbocycles. The highest BCUT2D eigenvalue weighted by Gasteiger charge is 2.39. The first-order valence-electron chi connectivity index (χ1n) is 8.29. The summed E-state index contributed by atoms with van der Waals surface area (Å²) in [5, 5.41) is 30.1. The van der Waals surface area contributed by atoms with Crippen molar-refractivity contribution >= 4 is 17.6 Å². The van der Waals surface area contributed by atoms with Crippen LogP contribution in [0.25, 0.3) is 0 Å². The largest absolute Gasteiger partial charge is 0.507 e. The van der Waals surface area contributed by atoms with Gasteiger partial charge in [-0.05, 0) is 25.3 Å². The topological polar surface area (TPSA) is 99.5 Å². The molecule has 0 amide bonds. The molecule has 25 heavy (non-hydrogen) atoms. The number of epoxide rings is 1. The molecule has 3 N–H and O–H groups in total. The van der Waals surface area contributed by atoms with Gasteiger partial charge in [-0.15, -0.1) is 0 Å². The number of halogens is 1. The van der Waals surface area contributed by atoms with Crippen LogP contribution in [0.5, 0.6) is 11.5 Å². The molecule has 7 heteroatoms. The van der Waals surface area contributed by atoms with Crippen LogP contribution in [0.3, 0.4) is 0 Å². The second kappa shape index (κ2) is 7.23. The van der Waals surface area contributed by atoms with E-state index in [2.05, 4.69) is 0 Å². The van der Waals surface area contributed by atoms with Crippen molar-refractivity contribution in [3.05, 3.63) is 34.4 Å². The van der Waals surface area contributed by atoms with E-state index in [1.807, 2.05) is 12.2 Å². The fourth-order valence-electron chi connectivity index (χ4n) is 3.12. The zero-order valence-corrected chi connectivity index (χ0v) is 14.6. The Bertz CT molecular complexity index is 701. The summed E-state index contributed by atoms with van der Waals surface area (Å²) in [5.41, 5.74) is 0.0536. The van der Waals surface area contributed by atoms with Gasteiger partial charge in [0, 0.05) is 18.9 Å². The molecule has 3 rings (SSSR count). The number of hydrogen-bond acceptors (Lipinski definition) is 6. The number of aromatic hydroxyl groups is 2. The summed E-state index contributed by atoms with van der Waals surface area (Å²) in [7, 11) is 0. The summed E-state index contributed by atoms with van der Waals surface area (Å²) in [4.78, 5) is 12.5. The fraction of sp³-hybridized carbons (Fsp3) is 0.500. The number of carbonyl (C=O) groups excluding carboxylic acids is 1. The quantitative estimate of drug-likeness (QED) is 0.370. The average molecular weight is 369 g/mol. The van der Waals surface area contributed by atoms with Crippen LogP contribution in [0.4, 0.5) is 0 Å². The normalized spacial score (nSPS) is 31.2. The third-order valence-corrected chi connectivity index (χ3v) is 4.89. The van der Waals surface area contributed by atoms with Crippen LogP contribution < -0.4 is 0 Å². The van der Waals surface area contributed by atoms with E-state index in [0.29, 0.717) is 12.8 Å². The third kappa shape index (κ3) is 4.08. The van der Waals surface area contributed by atoms with Crippen LogP contribution in [-0.2, 0) is 15.9 Å². The van der Waals surface area contributed by atoms with Crippen molar-refractivity contribution in [3.8, 4) is 11.5 Å². The maximum absolute atomic E-state index is 12.5. The second-order valence-electron chi connectivity index (χ2n) is 6.55. The minimum Gasteiger partial charge on any atom is -0.507 e. The second-order valence-corrected chi connectivity index (χ2v) is 6.93. The lowest BCUT2D eigenvalue weighted by atomic mass is 9.98. The van der Waals surface area contributed by atoms with Gasteiger partial charge in [0.15, 0.2) is 0 Å². The molecule has 1 saturated heterocycles. The molecule has 0 radical (unpaired) electrons. The van der Waals surface area contributed by atoms with Gasteiger partial charge in [-0.1, -0.05) is 23.8 Å². The van der Waals surface area contributed by atoms with Gasteiger partial charge in [-0.2, -0.15) is 0 Å². The van der Waals surface area contributed by atoms with E-state index in [1.54, 1.807) is 6.92 Å². The van der Waals surface area contributed by atoms with Crippen molar-refractivity contribution < 1.29 is 29.6 Å². The lowest BCUT2D eigenvalue weighted by Gasteiger charge is -2.18. The lowest BCUT2D eigenvalue weighted by molar-refractivity contribution is 0.0305. The summed E-state index contributed by atoms with van der Waals surface area (Å²) >= 11 is 6.11. The molecule has 0 saturated carbocycles. The SMILES string of the molecule is C[C@@H]1C[C@@H]2O[C@H]2C/C=C/C[C@H](O)Cc2c(Cl)c(O)cc(O)c2C(=O)O1. The van der Waals surface area contributed by atoms with Crippen molar-refractivity contribution in [2.75, 3.05) is 0 Å². The molecule has 0 spiro atoms. The van der Waals surface area contributed by atoms with Gasteiger partial charge in [-0.25, -0.2) is 4.79 Å². The van der Waals surface area contributed by atoms with Crippen LogP contribution in [0.2, 0.25) is 5.02 Å². The molecule has 6 nitrogen and oxygen atoms in total. The number of rotatable bonds is 0. The van der Waals surface area contributed by atoms with Gasteiger partial charge in [0.1, 0.15) is 23.2 Å². The van der Waals surface area contributed by atoms with Gasteiger partial charge >= 0.3 is 5.97 Å². The zero-order chi connectivity index (χ0) is 18.1. The first-order chi connectivity index (χ1) is 11.9. The zero-order valence-electron chi connectivity index (χ0n) is 13.8. The molecule has 0 aromatic heterocycles. The summed E-state index contributed by atoms with van der Waals surface area (Å²) in [6.07, 6.45) is 4.41. The molecule has 0 bridgehead atoms. The first kappa shape index (κ1) is 18.0. The molecular weight excluding hydrogens is 348 g/mol. The van der Waals surface area contributed by atoms with Gasteiger partial charge in [0.2, 0.25) is 0 Å². The van der Waals surface area contributed by atoms with Crippen molar-refractivity contribution in [1.29, 1.82) is 0 Å². The molecule has 1 aromatic rings. The number of phenolic OH excluding ortho intramolecular Hbond substituents is 2. The van der Waals surface area contributed by atoms with E-state index in [1.165, 1.54) is 0 Å². The summed E-state index contributed by atoms with van der Waals surface area (Å²) < 4.78 is 11.0. The molecule has 4 atom stereocenters.